The third-order valence-corrected chi connectivity index (χ3v) is 1.29. The van der Waals surface area contributed by atoms with Crippen LogP contribution in [0.15, 0.2) is 36.1 Å². The maximum Gasteiger partial charge on any atom is 0.0906 e. The Labute approximate surface area is 69.1 Å². The Balaban J connectivity index is 4.33. The Hall–Kier alpha value is -0.980. The van der Waals surface area contributed by atoms with Gasteiger partial charge in [0.05, 0.1) is 12.9 Å². The summed E-state index contributed by atoms with van der Waals surface area (Å²) in [6.07, 6.45) is 1.71. The molecule has 0 fully saturated rings. The van der Waals surface area contributed by atoms with Crippen molar-refractivity contribution in [3.63, 3.8) is 0 Å². The van der Waals surface area contributed by atoms with Gasteiger partial charge in [-0.1, -0.05) is 13.2 Å². The lowest BCUT2D eigenvalue weighted by Gasteiger charge is -2.05. The molecular weight excluding hydrogens is 136 g/mol. The van der Waals surface area contributed by atoms with Gasteiger partial charge in [-0.15, -0.1) is 0 Å². The molecule has 0 aliphatic heterocycles. The fourth-order valence-corrected chi connectivity index (χ4v) is 0.732. The second-order valence-corrected chi connectivity index (χ2v) is 2.55. The second kappa shape index (κ2) is 4.78. The predicted octanol–water partition coefficient (Wildman–Crippen LogP) is 3.06. The van der Waals surface area contributed by atoms with Crippen LogP contribution in [0.1, 0.15) is 20.8 Å². The molecule has 0 aromatic rings. The maximum absolute atomic E-state index is 5.13. The predicted molar refractivity (Wildman–Crippen MR) is 49.3 cm³/mol. The highest BCUT2D eigenvalue weighted by molar-refractivity contribution is 5.40. The first kappa shape index (κ1) is 10.0. The molecule has 0 N–H and O–H groups in total. The Morgan fingerprint density at radius 2 is 1.73 bits per heavy atom. The minimum Gasteiger partial charge on any atom is -0.501 e. The van der Waals surface area contributed by atoms with E-state index in [1.54, 1.807) is 6.26 Å². The van der Waals surface area contributed by atoms with Crippen molar-refractivity contribution in [1.29, 1.82) is 0 Å². The molecule has 0 radical (unpaired) electrons. The van der Waals surface area contributed by atoms with Crippen LogP contribution in [0.25, 0.3) is 0 Å². The van der Waals surface area contributed by atoms with E-state index in [0.29, 0.717) is 6.61 Å². The van der Waals surface area contributed by atoms with Gasteiger partial charge < -0.3 is 4.74 Å². The van der Waals surface area contributed by atoms with Crippen molar-refractivity contribution in [3.05, 3.63) is 36.1 Å². The summed E-state index contributed by atoms with van der Waals surface area (Å²) in [6.45, 7) is 14.2. The fourth-order valence-electron chi connectivity index (χ4n) is 0.732. The van der Waals surface area contributed by atoms with Crippen molar-refractivity contribution in [2.24, 2.45) is 0 Å². The molecular formula is C10H16O. The van der Waals surface area contributed by atoms with Crippen molar-refractivity contribution in [3.8, 4) is 0 Å². The smallest absolute Gasteiger partial charge is 0.0906 e. The Morgan fingerprint density at radius 3 is 2.00 bits per heavy atom. The van der Waals surface area contributed by atoms with Crippen LogP contribution in [0.3, 0.4) is 0 Å². The molecule has 1 nitrogen and oxygen atoms in total. The lowest BCUT2D eigenvalue weighted by Crippen LogP contribution is -1.88. The SMILES string of the molecule is C=C(C)C(=COCC)C(=C)C. The van der Waals surface area contributed by atoms with Crippen molar-refractivity contribution in [2.45, 2.75) is 20.8 Å². The molecule has 0 saturated carbocycles. The van der Waals surface area contributed by atoms with E-state index in [1.165, 1.54) is 0 Å². The van der Waals surface area contributed by atoms with Gasteiger partial charge in [-0.2, -0.15) is 0 Å². The normalized spacial score (nSPS) is 8.64. The Bertz CT molecular complexity index is 171. The molecule has 0 aliphatic rings. The molecule has 0 unspecified atom stereocenters. The zero-order valence-electron chi connectivity index (χ0n) is 7.61. The van der Waals surface area contributed by atoms with Gasteiger partial charge in [0.2, 0.25) is 0 Å². The summed E-state index contributed by atoms with van der Waals surface area (Å²) >= 11 is 0. The molecule has 0 aromatic carbocycles. The molecule has 1 heteroatoms. The van der Waals surface area contributed by atoms with E-state index in [-0.39, 0.29) is 0 Å². The summed E-state index contributed by atoms with van der Waals surface area (Å²) in [7, 11) is 0. The molecule has 0 aromatic heterocycles. The lowest BCUT2D eigenvalue weighted by molar-refractivity contribution is 0.267. The Morgan fingerprint density at radius 1 is 1.27 bits per heavy atom. The van der Waals surface area contributed by atoms with Crippen LogP contribution in [0.4, 0.5) is 0 Å². The molecule has 0 aliphatic carbocycles. The van der Waals surface area contributed by atoms with Crippen LogP contribution < -0.4 is 0 Å². The minimum absolute atomic E-state index is 0.685. The average Bonchev–Trinajstić information content (AvgIpc) is 1.87. The van der Waals surface area contributed by atoms with Crippen molar-refractivity contribution in [1.82, 2.24) is 0 Å². The summed E-state index contributed by atoms with van der Waals surface area (Å²) in [5.74, 6) is 0. The van der Waals surface area contributed by atoms with Crippen molar-refractivity contribution >= 4 is 0 Å². The van der Waals surface area contributed by atoms with E-state index in [9.17, 15) is 0 Å². The van der Waals surface area contributed by atoms with Crippen LogP contribution in [-0.2, 0) is 4.74 Å². The lowest BCUT2D eigenvalue weighted by atomic mass is 10.1. The zero-order chi connectivity index (χ0) is 8.85. The van der Waals surface area contributed by atoms with Gasteiger partial charge >= 0.3 is 0 Å². The first-order valence-electron chi connectivity index (χ1n) is 3.73. The van der Waals surface area contributed by atoms with E-state index in [4.69, 9.17) is 4.74 Å². The fraction of sp³-hybridized carbons (Fsp3) is 0.400. The number of allylic oxidation sites excluding steroid dienone is 3. The molecule has 0 amide bonds. The molecule has 0 rings (SSSR count). The van der Waals surface area contributed by atoms with Crippen LogP contribution in [0.5, 0.6) is 0 Å². The van der Waals surface area contributed by atoms with Crippen LogP contribution >= 0.6 is 0 Å². The zero-order valence-corrected chi connectivity index (χ0v) is 7.61. The topological polar surface area (TPSA) is 9.23 Å². The van der Waals surface area contributed by atoms with Crippen LogP contribution in [-0.4, -0.2) is 6.61 Å². The molecule has 0 atom stereocenters. The summed E-state index contributed by atoms with van der Waals surface area (Å²) in [4.78, 5) is 0. The van der Waals surface area contributed by atoms with E-state index in [1.807, 2.05) is 20.8 Å². The molecule has 0 spiro atoms. The number of hydrogen-bond donors (Lipinski definition) is 0. The van der Waals surface area contributed by atoms with Gasteiger partial charge in [-0.25, -0.2) is 0 Å². The summed E-state index contributed by atoms with van der Waals surface area (Å²) in [5.41, 5.74) is 2.99. The van der Waals surface area contributed by atoms with Crippen molar-refractivity contribution in [2.75, 3.05) is 6.61 Å². The molecule has 62 valence electrons. The van der Waals surface area contributed by atoms with Crippen LogP contribution in [0, 0.1) is 0 Å². The van der Waals surface area contributed by atoms with Gasteiger partial charge in [0.15, 0.2) is 0 Å². The third kappa shape index (κ3) is 3.66. The summed E-state index contributed by atoms with van der Waals surface area (Å²) in [5, 5.41) is 0. The molecule has 11 heavy (non-hydrogen) atoms. The van der Waals surface area contributed by atoms with Crippen LogP contribution in [0.2, 0.25) is 0 Å². The highest BCUT2D eigenvalue weighted by Gasteiger charge is 1.97. The van der Waals surface area contributed by atoms with Gasteiger partial charge in [-0.3, -0.25) is 0 Å². The number of ether oxygens (including phenoxy) is 1. The Kier molecular flexibility index (Phi) is 4.35. The first-order valence-corrected chi connectivity index (χ1v) is 3.73. The highest BCUT2D eigenvalue weighted by atomic mass is 16.5. The van der Waals surface area contributed by atoms with Gasteiger partial charge in [0.25, 0.3) is 0 Å². The maximum atomic E-state index is 5.13. The van der Waals surface area contributed by atoms with E-state index >= 15 is 0 Å². The molecule has 0 bridgehead atoms. The summed E-state index contributed by atoms with van der Waals surface area (Å²) < 4.78 is 5.13. The third-order valence-electron chi connectivity index (χ3n) is 1.29. The highest BCUT2D eigenvalue weighted by Crippen LogP contribution is 2.14. The number of hydrogen-bond acceptors (Lipinski definition) is 1. The van der Waals surface area contributed by atoms with Crippen molar-refractivity contribution < 1.29 is 4.74 Å². The van der Waals surface area contributed by atoms with Gasteiger partial charge in [0, 0.05) is 5.57 Å². The van der Waals surface area contributed by atoms with Gasteiger partial charge in [0.1, 0.15) is 0 Å². The van der Waals surface area contributed by atoms with E-state index in [2.05, 4.69) is 13.2 Å². The van der Waals surface area contributed by atoms with Gasteiger partial charge in [-0.05, 0) is 31.9 Å². The molecule has 0 saturated heterocycles. The number of rotatable bonds is 4. The monoisotopic (exact) mass is 152 g/mol. The van der Waals surface area contributed by atoms with E-state index < -0.39 is 0 Å². The quantitative estimate of drug-likeness (QED) is 0.444. The minimum atomic E-state index is 0.685. The largest absolute Gasteiger partial charge is 0.501 e. The summed E-state index contributed by atoms with van der Waals surface area (Å²) in [6, 6.07) is 0. The second-order valence-electron chi connectivity index (χ2n) is 2.55. The average molecular weight is 152 g/mol. The standard InChI is InChI=1S/C10H16O/c1-6-11-7-10(8(2)3)9(4)5/h7H,2,4,6H2,1,3,5H3. The first-order chi connectivity index (χ1) is 5.09. The van der Waals surface area contributed by atoms with E-state index in [0.717, 1.165) is 16.7 Å². The molecule has 0 heterocycles.